The van der Waals surface area contributed by atoms with Crippen LogP contribution in [-0.2, 0) is 5.41 Å². The van der Waals surface area contributed by atoms with Crippen LogP contribution in [-0.4, -0.2) is 13.0 Å². The van der Waals surface area contributed by atoms with Crippen molar-refractivity contribution in [2.75, 3.05) is 18.2 Å². The Morgan fingerprint density at radius 3 is 2.23 bits per heavy atom. The number of anilines is 2. The molecule has 0 spiro atoms. The van der Waals surface area contributed by atoms with Gasteiger partial charge in [0.05, 0.1) is 12.8 Å². The van der Waals surface area contributed by atoms with Crippen molar-refractivity contribution in [1.29, 1.82) is 0 Å². The maximum absolute atomic E-state index is 12.3. The van der Waals surface area contributed by atoms with E-state index in [9.17, 15) is 4.79 Å². The number of nitrogen functional groups attached to an aromatic ring is 1. The number of carbonyl (C=O) groups excluding carboxylic acids is 1. The number of carbonyl (C=O) groups is 1. The van der Waals surface area contributed by atoms with Crippen molar-refractivity contribution in [3.05, 3.63) is 53.6 Å². The molecule has 0 unspecified atom stereocenters. The molecule has 116 valence electrons. The molecule has 0 bridgehead atoms. The van der Waals surface area contributed by atoms with Crippen LogP contribution in [0, 0.1) is 0 Å². The van der Waals surface area contributed by atoms with Crippen LogP contribution in [0.25, 0.3) is 0 Å². The highest BCUT2D eigenvalue weighted by Gasteiger charge is 2.14. The fourth-order valence-corrected chi connectivity index (χ4v) is 2.14. The average molecular weight is 298 g/mol. The van der Waals surface area contributed by atoms with Crippen LogP contribution >= 0.6 is 0 Å². The first-order valence-electron chi connectivity index (χ1n) is 7.16. The lowest BCUT2D eigenvalue weighted by molar-refractivity contribution is 0.102. The first kappa shape index (κ1) is 15.9. The Labute approximate surface area is 131 Å². The summed E-state index contributed by atoms with van der Waals surface area (Å²) in [6.45, 7) is 6.42. The van der Waals surface area contributed by atoms with Crippen LogP contribution in [0.3, 0.4) is 0 Å². The number of rotatable bonds is 3. The number of hydrogen-bond donors (Lipinski definition) is 2. The molecule has 0 aromatic heterocycles. The van der Waals surface area contributed by atoms with E-state index in [4.69, 9.17) is 10.5 Å². The van der Waals surface area contributed by atoms with Crippen molar-refractivity contribution in [2.24, 2.45) is 0 Å². The fourth-order valence-electron chi connectivity index (χ4n) is 2.14. The first-order valence-corrected chi connectivity index (χ1v) is 7.16. The zero-order valence-corrected chi connectivity index (χ0v) is 13.4. The van der Waals surface area contributed by atoms with Crippen LogP contribution in [0.2, 0.25) is 0 Å². The monoisotopic (exact) mass is 298 g/mol. The molecular formula is C18H22N2O2. The van der Waals surface area contributed by atoms with E-state index in [0.717, 1.165) is 0 Å². The van der Waals surface area contributed by atoms with Crippen LogP contribution in [0.1, 0.15) is 36.7 Å². The Bertz CT molecular complexity index is 670. The molecule has 0 saturated carbocycles. The molecule has 22 heavy (non-hydrogen) atoms. The zero-order valence-electron chi connectivity index (χ0n) is 13.4. The minimum Gasteiger partial charge on any atom is -0.495 e. The minimum absolute atomic E-state index is 0.0689. The van der Waals surface area contributed by atoms with Crippen molar-refractivity contribution in [3.8, 4) is 5.75 Å². The Morgan fingerprint density at radius 2 is 1.73 bits per heavy atom. The Balaban J connectivity index is 2.14. The highest BCUT2D eigenvalue weighted by molar-refractivity contribution is 6.04. The summed E-state index contributed by atoms with van der Waals surface area (Å²) in [7, 11) is 1.56. The number of nitrogens with two attached hydrogens (primary N) is 1. The summed E-state index contributed by atoms with van der Waals surface area (Å²) in [5.74, 6) is 0.428. The molecule has 4 heteroatoms. The van der Waals surface area contributed by atoms with Crippen molar-refractivity contribution >= 4 is 17.3 Å². The van der Waals surface area contributed by atoms with Gasteiger partial charge in [-0.05, 0) is 41.3 Å². The van der Waals surface area contributed by atoms with Gasteiger partial charge in [0, 0.05) is 11.3 Å². The van der Waals surface area contributed by atoms with E-state index < -0.39 is 0 Å². The van der Waals surface area contributed by atoms with Crippen LogP contribution in [0.15, 0.2) is 42.5 Å². The third kappa shape index (κ3) is 3.58. The number of amides is 1. The van der Waals surface area contributed by atoms with Gasteiger partial charge in [-0.15, -0.1) is 0 Å². The fraction of sp³-hybridized carbons (Fsp3) is 0.278. The summed E-state index contributed by atoms with van der Waals surface area (Å²) in [4.78, 5) is 12.3. The molecule has 0 aliphatic carbocycles. The van der Waals surface area contributed by atoms with Gasteiger partial charge in [-0.1, -0.05) is 32.9 Å². The number of benzene rings is 2. The molecule has 0 aliphatic heterocycles. The maximum Gasteiger partial charge on any atom is 0.255 e. The molecule has 0 radical (unpaired) electrons. The van der Waals surface area contributed by atoms with Gasteiger partial charge in [0.25, 0.3) is 5.91 Å². The van der Waals surface area contributed by atoms with Gasteiger partial charge in [0.15, 0.2) is 0 Å². The van der Waals surface area contributed by atoms with Crippen molar-refractivity contribution in [2.45, 2.75) is 26.2 Å². The van der Waals surface area contributed by atoms with Crippen LogP contribution in [0.5, 0.6) is 5.75 Å². The topological polar surface area (TPSA) is 64.3 Å². The van der Waals surface area contributed by atoms with Gasteiger partial charge in [0.2, 0.25) is 0 Å². The second-order valence-corrected chi connectivity index (χ2v) is 6.24. The van der Waals surface area contributed by atoms with Gasteiger partial charge in [0.1, 0.15) is 5.75 Å². The molecule has 0 saturated heterocycles. The maximum atomic E-state index is 12.3. The Hall–Kier alpha value is -2.49. The lowest BCUT2D eigenvalue weighted by Crippen LogP contribution is -2.14. The number of methoxy groups -OCH3 is 1. The smallest absolute Gasteiger partial charge is 0.255 e. The third-order valence-corrected chi connectivity index (χ3v) is 3.50. The molecule has 2 aromatic carbocycles. The lowest BCUT2D eigenvalue weighted by atomic mass is 9.87. The SMILES string of the molecule is COc1ccc(NC(=O)c2ccc(C(C)(C)C)cc2)cc1N. The molecule has 2 aromatic rings. The first-order chi connectivity index (χ1) is 10.3. The lowest BCUT2D eigenvalue weighted by Gasteiger charge is -2.19. The van der Waals surface area contributed by atoms with Crippen molar-refractivity contribution in [1.82, 2.24) is 0 Å². The standard InChI is InChI=1S/C18H22N2O2/c1-18(2,3)13-7-5-12(6-8-13)17(21)20-14-9-10-16(22-4)15(19)11-14/h5-11H,19H2,1-4H3,(H,20,21). The molecule has 0 aliphatic rings. The molecule has 2 rings (SSSR count). The largest absolute Gasteiger partial charge is 0.495 e. The molecular weight excluding hydrogens is 276 g/mol. The van der Waals surface area contributed by atoms with E-state index in [2.05, 4.69) is 26.1 Å². The highest BCUT2D eigenvalue weighted by Crippen LogP contribution is 2.25. The number of hydrogen-bond acceptors (Lipinski definition) is 3. The van der Waals surface area contributed by atoms with E-state index >= 15 is 0 Å². The van der Waals surface area contributed by atoms with Gasteiger partial charge >= 0.3 is 0 Å². The zero-order chi connectivity index (χ0) is 16.3. The van der Waals surface area contributed by atoms with Gasteiger partial charge < -0.3 is 15.8 Å². The predicted molar refractivity (Wildman–Crippen MR) is 90.5 cm³/mol. The summed E-state index contributed by atoms with van der Waals surface area (Å²) in [6, 6.07) is 12.8. The second kappa shape index (κ2) is 6.10. The van der Waals surface area contributed by atoms with E-state index in [1.165, 1.54) is 5.56 Å². The number of ether oxygens (including phenoxy) is 1. The summed E-state index contributed by atoms with van der Waals surface area (Å²) >= 11 is 0. The molecule has 1 amide bonds. The third-order valence-electron chi connectivity index (χ3n) is 3.50. The van der Waals surface area contributed by atoms with Crippen LogP contribution < -0.4 is 15.8 Å². The molecule has 0 fully saturated rings. The summed E-state index contributed by atoms with van der Waals surface area (Å²) in [5, 5.41) is 2.83. The summed E-state index contributed by atoms with van der Waals surface area (Å²) < 4.78 is 5.10. The molecule has 4 nitrogen and oxygen atoms in total. The normalized spacial score (nSPS) is 11.1. The van der Waals surface area contributed by atoms with E-state index in [0.29, 0.717) is 22.7 Å². The Kier molecular flexibility index (Phi) is 4.40. The quantitative estimate of drug-likeness (QED) is 0.846. The Morgan fingerprint density at radius 1 is 1.09 bits per heavy atom. The number of nitrogens with one attached hydrogen (secondary N) is 1. The van der Waals surface area contributed by atoms with Crippen molar-refractivity contribution in [3.63, 3.8) is 0 Å². The van der Waals surface area contributed by atoms with E-state index in [1.807, 2.05) is 24.3 Å². The predicted octanol–water partition coefficient (Wildman–Crippen LogP) is 3.83. The summed E-state index contributed by atoms with van der Waals surface area (Å²) in [5.41, 5.74) is 8.84. The van der Waals surface area contributed by atoms with E-state index in [-0.39, 0.29) is 11.3 Å². The van der Waals surface area contributed by atoms with Crippen molar-refractivity contribution < 1.29 is 9.53 Å². The molecule has 0 atom stereocenters. The van der Waals surface area contributed by atoms with Gasteiger partial charge in [-0.3, -0.25) is 4.79 Å². The molecule has 3 N–H and O–H groups in total. The average Bonchev–Trinajstić information content (AvgIpc) is 2.46. The van der Waals surface area contributed by atoms with Crippen LogP contribution in [0.4, 0.5) is 11.4 Å². The summed E-state index contributed by atoms with van der Waals surface area (Å²) in [6.07, 6.45) is 0. The molecule has 0 heterocycles. The second-order valence-electron chi connectivity index (χ2n) is 6.24. The van der Waals surface area contributed by atoms with E-state index in [1.54, 1.807) is 25.3 Å². The van der Waals surface area contributed by atoms with Gasteiger partial charge in [-0.25, -0.2) is 0 Å². The minimum atomic E-state index is -0.162. The highest BCUT2D eigenvalue weighted by atomic mass is 16.5. The van der Waals surface area contributed by atoms with Gasteiger partial charge in [-0.2, -0.15) is 0 Å².